The van der Waals surface area contributed by atoms with Crippen molar-refractivity contribution in [1.82, 2.24) is 0 Å². The quantitative estimate of drug-likeness (QED) is 0.461. The maximum atomic E-state index is 5.57. The van der Waals surface area contributed by atoms with Gasteiger partial charge in [0.25, 0.3) is 0 Å². The topological polar surface area (TPSA) is 18.5 Å². The van der Waals surface area contributed by atoms with E-state index in [4.69, 9.17) is 9.47 Å². The van der Waals surface area contributed by atoms with Crippen LogP contribution in [0.5, 0.6) is 0 Å². The highest BCUT2D eigenvalue weighted by Crippen LogP contribution is 2.21. The Morgan fingerprint density at radius 3 is 2.43 bits per heavy atom. The molecule has 0 unspecified atom stereocenters. The summed E-state index contributed by atoms with van der Waals surface area (Å²) in [5.74, 6) is 0. The van der Waals surface area contributed by atoms with Crippen LogP contribution in [-0.2, 0) is 9.47 Å². The molecule has 14 heavy (non-hydrogen) atoms. The Bertz CT molecular complexity index is 165. The van der Waals surface area contributed by atoms with Crippen molar-refractivity contribution in [2.75, 3.05) is 13.2 Å². The lowest BCUT2D eigenvalue weighted by atomic mass is 9.96. The molecule has 0 amide bonds. The van der Waals surface area contributed by atoms with Crippen LogP contribution in [0.15, 0.2) is 11.8 Å². The highest BCUT2D eigenvalue weighted by atomic mass is 16.5. The molecule has 1 aliphatic rings. The molecule has 0 aromatic rings. The van der Waals surface area contributed by atoms with E-state index in [1.807, 2.05) is 6.26 Å². The zero-order valence-corrected chi connectivity index (χ0v) is 9.42. The fourth-order valence-electron chi connectivity index (χ4n) is 1.39. The summed E-state index contributed by atoms with van der Waals surface area (Å²) >= 11 is 0. The monoisotopic (exact) mass is 198 g/mol. The molecule has 82 valence electrons. The number of hydrogen-bond donors (Lipinski definition) is 0. The summed E-state index contributed by atoms with van der Waals surface area (Å²) < 4.78 is 11.0. The Balaban J connectivity index is 1.94. The molecule has 0 heterocycles. The second-order valence-corrected chi connectivity index (χ2v) is 3.78. The van der Waals surface area contributed by atoms with Gasteiger partial charge >= 0.3 is 0 Å². The van der Waals surface area contributed by atoms with Gasteiger partial charge in [0.15, 0.2) is 0 Å². The van der Waals surface area contributed by atoms with Crippen molar-refractivity contribution >= 4 is 0 Å². The molecule has 0 aromatic heterocycles. The Morgan fingerprint density at radius 1 is 1.21 bits per heavy atom. The lowest BCUT2D eigenvalue weighted by molar-refractivity contribution is -0.0162. The predicted molar refractivity (Wildman–Crippen MR) is 58.2 cm³/mol. The molecular weight excluding hydrogens is 176 g/mol. The lowest BCUT2D eigenvalue weighted by Gasteiger charge is -2.25. The summed E-state index contributed by atoms with van der Waals surface area (Å²) in [6, 6.07) is 0. The molecule has 0 aromatic carbocycles. The summed E-state index contributed by atoms with van der Waals surface area (Å²) in [6.45, 7) is 5.75. The third kappa shape index (κ3) is 4.14. The van der Waals surface area contributed by atoms with E-state index in [0.29, 0.717) is 12.7 Å². The van der Waals surface area contributed by atoms with Gasteiger partial charge in [-0.15, -0.1) is 0 Å². The molecule has 1 aliphatic carbocycles. The maximum absolute atomic E-state index is 5.57. The molecule has 0 spiro atoms. The number of rotatable bonds is 7. The van der Waals surface area contributed by atoms with Crippen molar-refractivity contribution in [2.24, 2.45) is 0 Å². The van der Waals surface area contributed by atoms with E-state index in [1.165, 1.54) is 24.8 Å². The minimum Gasteiger partial charge on any atom is -0.499 e. The van der Waals surface area contributed by atoms with Gasteiger partial charge in [0, 0.05) is 0 Å². The number of allylic oxidation sites excluding steroid dienone is 1. The van der Waals surface area contributed by atoms with E-state index in [1.54, 1.807) is 0 Å². The van der Waals surface area contributed by atoms with Crippen LogP contribution in [0, 0.1) is 0 Å². The van der Waals surface area contributed by atoms with Gasteiger partial charge < -0.3 is 9.47 Å². The average molecular weight is 198 g/mol. The third-order valence-corrected chi connectivity index (χ3v) is 2.77. The molecule has 0 bridgehead atoms. The predicted octanol–water partition coefficient (Wildman–Crippen LogP) is 3.28. The van der Waals surface area contributed by atoms with E-state index >= 15 is 0 Å². The first-order valence-electron chi connectivity index (χ1n) is 5.78. The van der Waals surface area contributed by atoms with Crippen LogP contribution in [0.1, 0.15) is 46.0 Å². The first kappa shape index (κ1) is 11.6. The van der Waals surface area contributed by atoms with Gasteiger partial charge in [-0.1, -0.05) is 13.8 Å². The van der Waals surface area contributed by atoms with Crippen LogP contribution in [0.25, 0.3) is 0 Å². The van der Waals surface area contributed by atoms with Crippen molar-refractivity contribution in [3.8, 4) is 0 Å². The Hall–Kier alpha value is -0.500. The zero-order valence-electron chi connectivity index (χ0n) is 9.42. The van der Waals surface area contributed by atoms with E-state index in [2.05, 4.69) is 13.8 Å². The van der Waals surface area contributed by atoms with Crippen LogP contribution in [0.3, 0.4) is 0 Å². The van der Waals surface area contributed by atoms with Crippen molar-refractivity contribution in [1.29, 1.82) is 0 Å². The Kier molecular flexibility index (Phi) is 5.69. The standard InChI is InChI=1S/C12H22O2/c1-3-11(4-2)10-13-8-9-14-12-6-5-7-12/h10,12H,3-9H2,1-2H3. The van der Waals surface area contributed by atoms with Crippen LogP contribution < -0.4 is 0 Å². The summed E-state index contributed by atoms with van der Waals surface area (Å²) in [7, 11) is 0. The van der Waals surface area contributed by atoms with Crippen molar-refractivity contribution in [3.05, 3.63) is 11.8 Å². The molecular formula is C12H22O2. The smallest absolute Gasteiger partial charge is 0.111 e. The van der Waals surface area contributed by atoms with Crippen molar-refractivity contribution in [2.45, 2.75) is 52.1 Å². The lowest BCUT2D eigenvalue weighted by Crippen LogP contribution is -2.23. The van der Waals surface area contributed by atoms with Crippen LogP contribution in [-0.4, -0.2) is 19.3 Å². The van der Waals surface area contributed by atoms with Gasteiger partial charge in [-0.3, -0.25) is 0 Å². The van der Waals surface area contributed by atoms with Gasteiger partial charge in [0.1, 0.15) is 6.61 Å². The summed E-state index contributed by atoms with van der Waals surface area (Å²) in [4.78, 5) is 0. The van der Waals surface area contributed by atoms with Gasteiger partial charge in [-0.25, -0.2) is 0 Å². The number of ether oxygens (including phenoxy) is 2. The van der Waals surface area contributed by atoms with Gasteiger partial charge in [-0.05, 0) is 37.7 Å². The third-order valence-electron chi connectivity index (χ3n) is 2.77. The summed E-state index contributed by atoms with van der Waals surface area (Å²) in [6.07, 6.45) is 8.40. The highest BCUT2D eigenvalue weighted by molar-refractivity contribution is 4.95. The second kappa shape index (κ2) is 6.88. The maximum Gasteiger partial charge on any atom is 0.111 e. The second-order valence-electron chi connectivity index (χ2n) is 3.78. The van der Waals surface area contributed by atoms with Crippen LogP contribution in [0.4, 0.5) is 0 Å². The van der Waals surface area contributed by atoms with Gasteiger partial charge in [0.05, 0.1) is 19.0 Å². The molecule has 0 N–H and O–H groups in total. The molecule has 1 rings (SSSR count). The molecule has 0 saturated heterocycles. The molecule has 0 radical (unpaired) electrons. The van der Waals surface area contributed by atoms with E-state index in [9.17, 15) is 0 Å². The Morgan fingerprint density at radius 2 is 1.93 bits per heavy atom. The van der Waals surface area contributed by atoms with Crippen LogP contribution in [0.2, 0.25) is 0 Å². The van der Waals surface area contributed by atoms with E-state index in [0.717, 1.165) is 19.4 Å². The Labute approximate surface area is 87.3 Å². The van der Waals surface area contributed by atoms with E-state index in [-0.39, 0.29) is 0 Å². The zero-order chi connectivity index (χ0) is 10.2. The fourth-order valence-corrected chi connectivity index (χ4v) is 1.39. The van der Waals surface area contributed by atoms with Crippen molar-refractivity contribution in [3.63, 3.8) is 0 Å². The largest absolute Gasteiger partial charge is 0.499 e. The van der Waals surface area contributed by atoms with Gasteiger partial charge in [0.2, 0.25) is 0 Å². The van der Waals surface area contributed by atoms with Crippen LogP contribution >= 0.6 is 0 Å². The van der Waals surface area contributed by atoms with Crippen molar-refractivity contribution < 1.29 is 9.47 Å². The first-order valence-corrected chi connectivity index (χ1v) is 5.78. The average Bonchev–Trinajstić information content (AvgIpc) is 2.14. The fraction of sp³-hybridized carbons (Fsp3) is 0.833. The molecule has 2 heteroatoms. The molecule has 0 aliphatic heterocycles. The van der Waals surface area contributed by atoms with E-state index < -0.39 is 0 Å². The molecule has 0 atom stereocenters. The minimum atomic E-state index is 0.527. The molecule has 2 nitrogen and oxygen atoms in total. The van der Waals surface area contributed by atoms with Gasteiger partial charge in [-0.2, -0.15) is 0 Å². The first-order chi connectivity index (χ1) is 6.86. The minimum absolute atomic E-state index is 0.527. The number of hydrogen-bond acceptors (Lipinski definition) is 2. The normalized spacial score (nSPS) is 16.1. The summed E-state index contributed by atoms with van der Waals surface area (Å²) in [5, 5.41) is 0. The highest BCUT2D eigenvalue weighted by Gasteiger charge is 2.16. The summed E-state index contributed by atoms with van der Waals surface area (Å²) in [5.41, 5.74) is 1.37. The SMILES string of the molecule is CCC(=COCCOC1CCC1)CC. The molecule has 1 fully saturated rings. The molecule has 1 saturated carbocycles.